The van der Waals surface area contributed by atoms with Crippen LogP contribution in [0.1, 0.15) is 16.8 Å². The predicted octanol–water partition coefficient (Wildman–Crippen LogP) is 2.58. The minimum atomic E-state index is -0.418. The lowest BCUT2D eigenvalue weighted by molar-refractivity contribution is -0.117. The maximum Gasteiger partial charge on any atom is 0.337 e. The van der Waals surface area contributed by atoms with Crippen LogP contribution in [0.4, 0.5) is 5.69 Å². The lowest BCUT2D eigenvalue weighted by Gasteiger charge is -2.17. The number of rotatable bonds is 6. The first kappa shape index (κ1) is 17.0. The van der Waals surface area contributed by atoms with Crippen molar-refractivity contribution in [2.75, 3.05) is 25.2 Å². The Balaban J connectivity index is 2.13. The van der Waals surface area contributed by atoms with Gasteiger partial charge in [-0.1, -0.05) is 34.7 Å². The van der Waals surface area contributed by atoms with Gasteiger partial charge in [-0.25, -0.2) is 4.79 Å². The summed E-state index contributed by atoms with van der Waals surface area (Å²) in [5.41, 5.74) is 1.11. The topological polar surface area (TPSA) is 55.8 Å². The summed E-state index contributed by atoms with van der Waals surface area (Å²) in [5, 5.41) is 0. The Hall–Kier alpha value is -1.41. The van der Waals surface area contributed by atoms with E-state index in [1.165, 1.54) is 7.11 Å². The number of alkyl halides is 1. The number of ether oxygens (including phenoxy) is 2. The molecule has 6 heteroatoms. The Kier molecular flexibility index (Phi) is 5.96. The predicted molar refractivity (Wildman–Crippen MR) is 92.5 cm³/mol. The highest BCUT2D eigenvalue weighted by molar-refractivity contribution is 14.1. The van der Waals surface area contributed by atoms with E-state index in [0.29, 0.717) is 24.4 Å². The molecule has 0 bridgehead atoms. The molecule has 0 aromatic heterocycles. The lowest BCUT2D eigenvalue weighted by Crippen LogP contribution is -2.27. The largest absolute Gasteiger partial charge is 0.465 e. The molecule has 1 aliphatic rings. The van der Waals surface area contributed by atoms with Gasteiger partial charge < -0.3 is 14.4 Å². The molecule has 2 unspecified atom stereocenters. The van der Waals surface area contributed by atoms with Gasteiger partial charge in [0.25, 0.3) is 0 Å². The standard InChI is InChI=1S/C16H18INO4/c1-3-4-8-22-13-10-18(15(19)14(13)17)12-7-5-6-11(9-12)16(20)21-2/h3,5-7,9,13-14H,1,4,8,10H2,2H3. The van der Waals surface area contributed by atoms with Crippen molar-refractivity contribution >= 4 is 40.2 Å². The molecule has 1 amide bonds. The first-order chi connectivity index (χ1) is 10.6. The summed E-state index contributed by atoms with van der Waals surface area (Å²) in [6.07, 6.45) is 2.39. The van der Waals surface area contributed by atoms with E-state index in [1.807, 2.05) is 0 Å². The van der Waals surface area contributed by atoms with Crippen LogP contribution in [0.5, 0.6) is 0 Å². The van der Waals surface area contributed by atoms with Crippen molar-refractivity contribution < 1.29 is 19.1 Å². The molecule has 22 heavy (non-hydrogen) atoms. The molecule has 0 radical (unpaired) electrons. The molecule has 1 saturated heterocycles. The smallest absolute Gasteiger partial charge is 0.337 e. The summed E-state index contributed by atoms with van der Waals surface area (Å²) in [4.78, 5) is 25.7. The number of hydrogen-bond donors (Lipinski definition) is 0. The van der Waals surface area contributed by atoms with Crippen LogP contribution in [0.2, 0.25) is 0 Å². The lowest BCUT2D eigenvalue weighted by atomic mass is 10.2. The number of nitrogens with zero attached hydrogens (tertiary/aromatic N) is 1. The van der Waals surface area contributed by atoms with Gasteiger partial charge in [-0.05, 0) is 24.6 Å². The van der Waals surface area contributed by atoms with Crippen LogP contribution in [0.15, 0.2) is 36.9 Å². The fourth-order valence-electron chi connectivity index (χ4n) is 2.26. The number of benzene rings is 1. The summed E-state index contributed by atoms with van der Waals surface area (Å²) < 4.78 is 10.2. The first-order valence-electron chi connectivity index (χ1n) is 6.94. The third-order valence-corrected chi connectivity index (χ3v) is 4.76. The summed E-state index contributed by atoms with van der Waals surface area (Å²) in [6.45, 7) is 4.69. The minimum absolute atomic E-state index is 0.00813. The zero-order chi connectivity index (χ0) is 16.1. The van der Waals surface area contributed by atoms with Gasteiger partial charge in [-0.2, -0.15) is 0 Å². The van der Waals surface area contributed by atoms with E-state index < -0.39 is 5.97 Å². The summed E-state index contributed by atoms with van der Waals surface area (Å²) in [5.74, 6) is -0.426. The maximum atomic E-state index is 12.4. The van der Waals surface area contributed by atoms with Gasteiger partial charge in [-0.3, -0.25) is 4.79 Å². The molecular formula is C16H18INO4. The molecule has 0 saturated carbocycles. The van der Waals surface area contributed by atoms with Crippen molar-refractivity contribution in [1.82, 2.24) is 0 Å². The quantitative estimate of drug-likeness (QED) is 0.236. The van der Waals surface area contributed by atoms with Crippen molar-refractivity contribution in [2.45, 2.75) is 16.4 Å². The molecule has 1 fully saturated rings. The van der Waals surface area contributed by atoms with Crippen LogP contribution < -0.4 is 4.90 Å². The zero-order valence-corrected chi connectivity index (χ0v) is 14.5. The molecule has 0 spiro atoms. The molecule has 1 aromatic carbocycles. The number of methoxy groups -OCH3 is 1. The SMILES string of the molecule is C=CCCOC1CN(c2cccc(C(=O)OC)c2)C(=O)C1I. The number of carbonyl (C=O) groups excluding carboxylic acids is 2. The Morgan fingerprint density at radius 2 is 2.32 bits per heavy atom. The molecule has 0 aliphatic carbocycles. The fraction of sp³-hybridized carbons (Fsp3) is 0.375. The number of halogens is 1. The Labute approximate surface area is 143 Å². The number of esters is 1. The average molecular weight is 415 g/mol. The summed E-state index contributed by atoms with van der Waals surface area (Å²) >= 11 is 2.11. The second-order valence-electron chi connectivity index (χ2n) is 4.88. The molecule has 0 N–H and O–H groups in total. The van der Waals surface area contributed by atoms with Crippen LogP contribution >= 0.6 is 22.6 Å². The maximum absolute atomic E-state index is 12.4. The van der Waals surface area contributed by atoms with Crippen molar-refractivity contribution in [2.24, 2.45) is 0 Å². The van der Waals surface area contributed by atoms with E-state index in [2.05, 4.69) is 29.2 Å². The van der Waals surface area contributed by atoms with Gasteiger partial charge in [0.05, 0.1) is 31.9 Å². The van der Waals surface area contributed by atoms with E-state index in [9.17, 15) is 9.59 Å². The van der Waals surface area contributed by atoms with Gasteiger partial charge in [0.2, 0.25) is 5.91 Å². The van der Waals surface area contributed by atoms with Gasteiger partial charge in [-0.15, -0.1) is 6.58 Å². The highest BCUT2D eigenvalue weighted by atomic mass is 127. The van der Waals surface area contributed by atoms with Crippen LogP contribution in [-0.2, 0) is 14.3 Å². The van der Waals surface area contributed by atoms with Crippen LogP contribution in [-0.4, -0.2) is 42.2 Å². The second kappa shape index (κ2) is 7.73. The van der Waals surface area contributed by atoms with Gasteiger partial charge in [0.15, 0.2) is 0 Å². The Morgan fingerprint density at radius 1 is 1.55 bits per heavy atom. The summed E-state index contributed by atoms with van der Waals surface area (Å²) in [6, 6.07) is 6.87. The highest BCUT2D eigenvalue weighted by Crippen LogP contribution is 2.28. The monoisotopic (exact) mass is 415 g/mol. The van der Waals surface area contributed by atoms with E-state index >= 15 is 0 Å². The molecule has 118 valence electrons. The second-order valence-corrected chi connectivity index (χ2v) is 6.22. The van der Waals surface area contributed by atoms with Crippen molar-refractivity contribution in [3.8, 4) is 0 Å². The third kappa shape index (κ3) is 3.67. The zero-order valence-electron chi connectivity index (χ0n) is 12.3. The van der Waals surface area contributed by atoms with Gasteiger partial charge in [0.1, 0.15) is 3.92 Å². The van der Waals surface area contributed by atoms with Crippen LogP contribution in [0.3, 0.4) is 0 Å². The first-order valence-corrected chi connectivity index (χ1v) is 8.19. The van der Waals surface area contributed by atoms with Crippen LogP contribution in [0.25, 0.3) is 0 Å². The molecule has 1 aromatic rings. The highest BCUT2D eigenvalue weighted by Gasteiger charge is 2.40. The minimum Gasteiger partial charge on any atom is -0.465 e. The summed E-state index contributed by atoms with van der Waals surface area (Å²) in [7, 11) is 1.33. The Morgan fingerprint density at radius 3 is 3.00 bits per heavy atom. The molecule has 2 rings (SSSR count). The van der Waals surface area contributed by atoms with E-state index in [0.717, 1.165) is 6.42 Å². The molecule has 1 aliphatic heterocycles. The van der Waals surface area contributed by atoms with Crippen molar-refractivity contribution in [1.29, 1.82) is 0 Å². The van der Waals surface area contributed by atoms with E-state index in [4.69, 9.17) is 9.47 Å². The molecular weight excluding hydrogens is 397 g/mol. The molecule has 2 atom stereocenters. The van der Waals surface area contributed by atoms with E-state index in [-0.39, 0.29) is 15.9 Å². The number of hydrogen-bond acceptors (Lipinski definition) is 4. The molecule has 5 nitrogen and oxygen atoms in total. The normalized spacial score (nSPS) is 21.0. The average Bonchev–Trinajstić information content (AvgIpc) is 2.83. The van der Waals surface area contributed by atoms with Crippen molar-refractivity contribution in [3.63, 3.8) is 0 Å². The van der Waals surface area contributed by atoms with Gasteiger partial charge in [0, 0.05) is 5.69 Å². The number of amides is 1. The number of carbonyl (C=O) groups is 2. The van der Waals surface area contributed by atoms with Gasteiger partial charge >= 0.3 is 5.97 Å². The Bertz CT molecular complexity index is 575. The number of anilines is 1. The van der Waals surface area contributed by atoms with Crippen molar-refractivity contribution in [3.05, 3.63) is 42.5 Å². The van der Waals surface area contributed by atoms with Crippen LogP contribution in [0, 0.1) is 0 Å². The van der Waals surface area contributed by atoms with E-state index in [1.54, 1.807) is 35.2 Å². The fourth-order valence-corrected chi connectivity index (χ4v) is 3.03. The third-order valence-electron chi connectivity index (χ3n) is 3.42. The molecule has 1 heterocycles.